The van der Waals surface area contributed by atoms with Gasteiger partial charge in [-0.2, -0.15) is 0 Å². The number of carbonyl (C=O) groups excluding carboxylic acids is 2. The van der Waals surface area contributed by atoms with Crippen LogP contribution in [-0.4, -0.2) is 72.5 Å². The Bertz CT molecular complexity index is 350. The molecule has 0 spiro atoms. The van der Waals surface area contributed by atoms with E-state index >= 15 is 0 Å². The molecule has 1 atom stereocenters. The summed E-state index contributed by atoms with van der Waals surface area (Å²) in [6.45, 7) is -0.620. The zero-order valence-electron chi connectivity index (χ0n) is 12.1. The number of amides is 2. The number of carboxylic acids is 1. The molecule has 0 saturated carbocycles. The van der Waals surface area contributed by atoms with Gasteiger partial charge in [0.1, 0.15) is 19.3 Å². The number of ether oxygens (including phenoxy) is 2. The van der Waals surface area contributed by atoms with E-state index in [1.165, 1.54) is 0 Å². The van der Waals surface area contributed by atoms with Crippen LogP contribution in [0.2, 0.25) is 0 Å². The van der Waals surface area contributed by atoms with Gasteiger partial charge < -0.3 is 35.4 Å². The average Bonchev–Trinajstić information content (AvgIpc) is 2.49. The molecule has 0 aromatic carbocycles. The Hall–Kier alpha value is -2.07. The van der Waals surface area contributed by atoms with E-state index in [4.69, 9.17) is 15.3 Å². The third-order valence-electron chi connectivity index (χ3n) is 2.43. The molecule has 5 N–H and O–H groups in total. The van der Waals surface area contributed by atoms with Crippen LogP contribution in [0.4, 0.5) is 9.59 Å². The maximum Gasteiger partial charge on any atom is 0.407 e. The Balaban J connectivity index is 3.84. The lowest BCUT2D eigenvalue weighted by Gasteiger charge is -2.14. The first kappa shape index (κ1) is 19.9. The van der Waals surface area contributed by atoms with Crippen LogP contribution < -0.4 is 10.6 Å². The Kier molecular flexibility index (Phi) is 11.5. The van der Waals surface area contributed by atoms with Crippen molar-refractivity contribution in [1.82, 2.24) is 10.6 Å². The topological polar surface area (TPSA) is 154 Å². The molecule has 0 radical (unpaired) electrons. The number of rotatable bonds is 11. The normalized spacial score (nSPS) is 11.4. The predicted molar refractivity (Wildman–Crippen MR) is 73.3 cm³/mol. The number of aliphatic hydroxyl groups excluding tert-OH is 2. The fourth-order valence-electron chi connectivity index (χ4n) is 1.43. The van der Waals surface area contributed by atoms with E-state index in [1.807, 2.05) is 0 Å². The number of nitrogens with one attached hydrogen (secondary N) is 2. The van der Waals surface area contributed by atoms with E-state index in [1.54, 1.807) is 0 Å². The molecule has 10 heteroatoms. The maximum absolute atomic E-state index is 11.2. The van der Waals surface area contributed by atoms with Crippen LogP contribution in [0, 0.1) is 0 Å². The number of aliphatic carboxylic acids is 1. The summed E-state index contributed by atoms with van der Waals surface area (Å²) < 4.78 is 9.07. The second kappa shape index (κ2) is 12.7. The van der Waals surface area contributed by atoms with E-state index in [9.17, 15) is 14.4 Å². The van der Waals surface area contributed by atoms with Crippen molar-refractivity contribution in [3.05, 3.63) is 0 Å². The lowest BCUT2D eigenvalue weighted by atomic mass is 10.1. The molecule has 128 valence electrons. The molecular formula is C12H22N2O8. The Morgan fingerprint density at radius 1 is 0.955 bits per heavy atom. The first-order valence-electron chi connectivity index (χ1n) is 6.79. The fraction of sp³-hybridized carbons (Fsp3) is 0.750. The summed E-state index contributed by atoms with van der Waals surface area (Å²) in [6.07, 6.45) is -0.471. The molecule has 0 aromatic heterocycles. The second-order valence-corrected chi connectivity index (χ2v) is 4.18. The third kappa shape index (κ3) is 10.7. The van der Waals surface area contributed by atoms with Crippen LogP contribution in [0.3, 0.4) is 0 Å². The van der Waals surface area contributed by atoms with Gasteiger partial charge in [-0.15, -0.1) is 0 Å². The molecule has 0 bridgehead atoms. The molecule has 10 nitrogen and oxygen atoms in total. The first-order chi connectivity index (χ1) is 10.5. The van der Waals surface area contributed by atoms with Gasteiger partial charge in [-0.3, -0.25) is 0 Å². The molecule has 0 aliphatic heterocycles. The molecule has 1 unspecified atom stereocenters. The number of unbranched alkanes of at least 4 members (excludes halogenated alkanes) is 1. The number of hydrogen-bond donors (Lipinski definition) is 5. The lowest BCUT2D eigenvalue weighted by Crippen LogP contribution is -2.41. The summed E-state index contributed by atoms with van der Waals surface area (Å²) in [6, 6.07) is -1.10. The summed E-state index contributed by atoms with van der Waals surface area (Å²) in [5, 5.41) is 30.5. The number of aliphatic hydroxyl groups is 2. The number of carboxylic acid groups (broad SMARTS) is 1. The van der Waals surface area contributed by atoms with Crippen LogP contribution in [0.25, 0.3) is 0 Å². The minimum absolute atomic E-state index is 0.0905. The molecule has 0 rings (SSSR count). The molecule has 22 heavy (non-hydrogen) atoms. The second-order valence-electron chi connectivity index (χ2n) is 4.18. The van der Waals surface area contributed by atoms with Crippen LogP contribution in [0.15, 0.2) is 0 Å². The van der Waals surface area contributed by atoms with Gasteiger partial charge in [0.15, 0.2) is 0 Å². The maximum atomic E-state index is 11.2. The highest BCUT2D eigenvalue weighted by Crippen LogP contribution is 2.01. The molecule has 0 fully saturated rings. The summed E-state index contributed by atoms with van der Waals surface area (Å²) >= 11 is 0. The van der Waals surface area contributed by atoms with Gasteiger partial charge in [0.05, 0.1) is 13.2 Å². The van der Waals surface area contributed by atoms with Crippen LogP contribution >= 0.6 is 0 Å². The smallest absolute Gasteiger partial charge is 0.407 e. The molecule has 2 amide bonds. The summed E-state index contributed by atoms with van der Waals surface area (Å²) in [7, 11) is 0. The zero-order valence-corrected chi connectivity index (χ0v) is 12.1. The Morgan fingerprint density at radius 3 is 2.09 bits per heavy atom. The number of hydrogen-bond acceptors (Lipinski definition) is 7. The molecule has 0 aliphatic rings. The van der Waals surface area contributed by atoms with Crippen LogP contribution in [0.1, 0.15) is 19.3 Å². The van der Waals surface area contributed by atoms with E-state index in [0.29, 0.717) is 12.8 Å². The highest BCUT2D eigenvalue weighted by Gasteiger charge is 2.20. The highest BCUT2D eigenvalue weighted by molar-refractivity contribution is 5.79. The molecule has 0 aliphatic carbocycles. The predicted octanol–water partition coefficient (Wildman–Crippen LogP) is -0.953. The largest absolute Gasteiger partial charge is 0.480 e. The van der Waals surface area contributed by atoms with Crippen molar-refractivity contribution in [2.24, 2.45) is 0 Å². The van der Waals surface area contributed by atoms with Crippen molar-refractivity contribution in [3.63, 3.8) is 0 Å². The van der Waals surface area contributed by atoms with E-state index in [2.05, 4.69) is 20.1 Å². The van der Waals surface area contributed by atoms with Crippen molar-refractivity contribution in [3.8, 4) is 0 Å². The van der Waals surface area contributed by atoms with Crippen LogP contribution in [-0.2, 0) is 14.3 Å². The lowest BCUT2D eigenvalue weighted by molar-refractivity contribution is -0.139. The highest BCUT2D eigenvalue weighted by atomic mass is 16.6. The molecule has 0 aromatic rings. The third-order valence-corrected chi connectivity index (χ3v) is 2.43. The van der Waals surface area contributed by atoms with Gasteiger partial charge in [0.25, 0.3) is 0 Å². The molecule has 0 heterocycles. The fourth-order valence-corrected chi connectivity index (χ4v) is 1.43. The molecule has 0 saturated heterocycles. The van der Waals surface area contributed by atoms with E-state index < -0.39 is 24.2 Å². The van der Waals surface area contributed by atoms with Gasteiger partial charge in [-0.25, -0.2) is 14.4 Å². The van der Waals surface area contributed by atoms with Crippen molar-refractivity contribution in [2.45, 2.75) is 25.3 Å². The van der Waals surface area contributed by atoms with Crippen LogP contribution in [0.5, 0.6) is 0 Å². The molecular weight excluding hydrogens is 300 g/mol. The minimum atomic E-state index is -1.20. The standard InChI is InChI=1S/C12H22N2O8/c15-5-7-21-11(19)13-4-2-1-3-9(10(17)18)14-12(20)22-8-6-16/h9,15-16H,1-8H2,(H,13,19)(H,14,20)(H,17,18). The van der Waals surface area contributed by atoms with Gasteiger partial charge in [-0.1, -0.05) is 0 Å². The van der Waals surface area contributed by atoms with Gasteiger partial charge in [-0.05, 0) is 19.3 Å². The van der Waals surface area contributed by atoms with Crippen molar-refractivity contribution in [1.29, 1.82) is 0 Å². The number of carbonyl (C=O) groups is 3. The zero-order chi connectivity index (χ0) is 16.8. The van der Waals surface area contributed by atoms with Crippen molar-refractivity contribution < 1.29 is 39.2 Å². The summed E-state index contributed by atoms with van der Waals surface area (Å²) in [5.41, 5.74) is 0. The summed E-state index contributed by atoms with van der Waals surface area (Å²) in [4.78, 5) is 33.2. The minimum Gasteiger partial charge on any atom is -0.480 e. The quantitative estimate of drug-likeness (QED) is 0.305. The monoisotopic (exact) mass is 322 g/mol. The Morgan fingerprint density at radius 2 is 1.55 bits per heavy atom. The van der Waals surface area contributed by atoms with Crippen molar-refractivity contribution in [2.75, 3.05) is 33.0 Å². The average molecular weight is 322 g/mol. The van der Waals surface area contributed by atoms with Gasteiger partial charge in [0, 0.05) is 6.54 Å². The van der Waals surface area contributed by atoms with Gasteiger partial charge in [0.2, 0.25) is 0 Å². The SMILES string of the molecule is O=C(NCCCCC(NC(=O)OCCO)C(=O)O)OCCO. The van der Waals surface area contributed by atoms with E-state index in [-0.39, 0.29) is 39.4 Å². The van der Waals surface area contributed by atoms with E-state index in [0.717, 1.165) is 0 Å². The summed E-state index contributed by atoms with van der Waals surface area (Å²) in [5.74, 6) is -1.20. The van der Waals surface area contributed by atoms with Crippen molar-refractivity contribution >= 4 is 18.2 Å². The van der Waals surface area contributed by atoms with Gasteiger partial charge >= 0.3 is 18.2 Å². The number of alkyl carbamates (subject to hydrolysis) is 2. The first-order valence-corrected chi connectivity index (χ1v) is 6.79. The Labute approximate surface area is 127 Å².